The maximum atomic E-state index is 6.41. The summed E-state index contributed by atoms with van der Waals surface area (Å²) in [6.45, 7) is 0. The van der Waals surface area contributed by atoms with Gasteiger partial charge in [0.05, 0.1) is 7.11 Å². The Bertz CT molecular complexity index is 658. The van der Waals surface area contributed by atoms with Crippen molar-refractivity contribution in [3.8, 4) is 11.5 Å². The molecule has 2 heterocycles. The lowest BCUT2D eigenvalue weighted by Gasteiger charge is -2.40. The molecule has 3 atom stereocenters. The Kier molecular flexibility index (Phi) is 3.67. The zero-order valence-corrected chi connectivity index (χ0v) is 13.0. The predicted molar refractivity (Wildman–Crippen MR) is 88.7 cm³/mol. The normalized spacial score (nSPS) is 27.6. The number of hydrogen-bond donors (Lipinski definition) is 1. The van der Waals surface area contributed by atoms with Crippen molar-refractivity contribution in [3.05, 3.63) is 36.4 Å². The highest BCUT2D eigenvalue weighted by Crippen LogP contribution is 2.33. The molecular formula is C19H23NO2. The summed E-state index contributed by atoms with van der Waals surface area (Å²) in [5.74, 6) is 1.87. The van der Waals surface area contributed by atoms with Crippen molar-refractivity contribution in [1.82, 2.24) is 5.32 Å². The van der Waals surface area contributed by atoms with E-state index in [1.807, 2.05) is 6.07 Å². The van der Waals surface area contributed by atoms with E-state index in [9.17, 15) is 0 Å². The fraction of sp³-hybridized carbons (Fsp3) is 0.474. The average Bonchev–Trinajstić information content (AvgIpc) is 2.54. The molecule has 2 fully saturated rings. The first kappa shape index (κ1) is 13.9. The Labute approximate surface area is 131 Å². The van der Waals surface area contributed by atoms with Gasteiger partial charge in [-0.2, -0.15) is 0 Å². The topological polar surface area (TPSA) is 30.5 Å². The molecule has 22 heavy (non-hydrogen) atoms. The minimum absolute atomic E-state index is 0.327. The molecule has 2 aliphatic heterocycles. The molecule has 0 radical (unpaired) electrons. The van der Waals surface area contributed by atoms with Crippen LogP contribution in [0.25, 0.3) is 10.8 Å². The molecule has 0 spiro atoms. The van der Waals surface area contributed by atoms with E-state index in [1.54, 1.807) is 7.11 Å². The maximum Gasteiger partial charge on any atom is 0.127 e. The highest BCUT2D eigenvalue weighted by molar-refractivity contribution is 5.89. The van der Waals surface area contributed by atoms with Crippen LogP contribution in [0.4, 0.5) is 0 Å². The molecule has 2 bridgehead atoms. The SMILES string of the molecule is COc1ccc2cccc(OC3C[C@H]4CCC[C@@H](C3)N4)c2c1. The molecule has 2 aromatic rings. The summed E-state index contributed by atoms with van der Waals surface area (Å²) in [7, 11) is 1.71. The minimum Gasteiger partial charge on any atom is -0.497 e. The number of fused-ring (bicyclic) bond motifs is 3. The summed E-state index contributed by atoms with van der Waals surface area (Å²) in [4.78, 5) is 0. The number of hydrogen-bond acceptors (Lipinski definition) is 3. The van der Waals surface area contributed by atoms with Gasteiger partial charge in [0.1, 0.15) is 17.6 Å². The molecule has 0 saturated carbocycles. The maximum absolute atomic E-state index is 6.41. The number of piperidine rings is 2. The molecule has 0 aliphatic carbocycles. The van der Waals surface area contributed by atoms with Crippen molar-refractivity contribution >= 4 is 10.8 Å². The Morgan fingerprint density at radius 3 is 2.64 bits per heavy atom. The molecule has 3 nitrogen and oxygen atoms in total. The predicted octanol–water partition coefficient (Wildman–Crippen LogP) is 3.90. The molecule has 1 unspecified atom stereocenters. The zero-order chi connectivity index (χ0) is 14.9. The van der Waals surface area contributed by atoms with Gasteiger partial charge in [-0.15, -0.1) is 0 Å². The van der Waals surface area contributed by atoms with Crippen molar-refractivity contribution < 1.29 is 9.47 Å². The Morgan fingerprint density at radius 1 is 1.05 bits per heavy atom. The average molecular weight is 297 g/mol. The van der Waals surface area contributed by atoms with Crippen LogP contribution in [0.1, 0.15) is 32.1 Å². The second-order valence-electron chi connectivity index (χ2n) is 6.55. The first-order valence-corrected chi connectivity index (χ1v) is 8.31. The van der Waals surface area contributed by atoms with Crippen LogP contribution >= 0.6 is 0 Å². The van der Waals surface area contributed by atoms with Crippen LogP contribution in [0.3, 0.4) is 0 Å². The Hall–Kier alpha value is -1.74. The van der Waals surface area contributed by atoms with Gasteiger partial charge < -0.3 is 14.8 Å². The monoisotopic (exact) mass is 297 g/mol. The van der Waals surface area contributed by atoms with Crippen LogP contribution in [-0.4, -0.2) is 25.3 Å². The highest BCUT2D eigenvalue weighted by atomic mass is 16.5. The van der Waals surface area contributed by atoms with Gasteiger partial charge >= 0.3 is 0 Å². The number of rotatable bonds is 3. The lowest BCUT2D eigenvalue weighted by molar-refractivity contribution is 0.0939. The molecule has 0 amide bonds. The molecule has 2 aromatic carbocycles. The fourth-order valence-corrected chi connectivity index (χ4v) is 3.94. The van der Waals surface area contributed by atoms with Crippen molar-refractivity contribution in [2.75, 3.05) is 7.11 Å². The Morgan fingerprint density at radius 2 is 1.86 bits per heavy atom. The second-order valence-corrected chi connectivity index (χ2v) is 6.55. The molecule has 2 saturated heterocycles. The van der Waals surface area contributed by atoms with E-state index >= 15 is 0 Å². The third-order valence-corrected chi connectivity index (χ3v) is 5.01. The number of nitrogens with one attached hydrogen (secondary N) is 1. The van der Waals surface area contributed by atoms with E-state index in [0.717, 1.165) is 29.7 Å². The molecule has 116 valence electrons. The largest absolute Gasteiger partial charge is 0.497 e. The minimum atomic E-state index is 0.327. The molecule has 3 heteroatoms. The summed E-state index contributed by atoms with van der Waals surface area (Å²) in [6.07, 6.45) is 6.52. The lowest BCUT2D eigenvalue weighted by Crippen LogP contribution is -2.51. The first-order chi connectivity index (χ1) is 10.8. The van der Waals surface area contributed by atoms with Crippen molar-refractivity contribution in [2.45, 2.75) is 50.3 Å². The van der Waals surface area contributed by atoms with E-state index < -0.39 is 0 Å². The smallest absolute Gasteiger partial charge is 0.127 e. The third kappa shape index (κ3) is 2.66. The van der Waals surface area contributed by atoms with Gasteiger partial charge in [0.25, 0.3) is 0 Å². The van der Waals surface area contributed by atoms with E-state index in [0.29, 0.717) is 18.2 Å². The van der Waals surface area contributed by atoms with Gasteiger partial charge in [0.2, 0.25) is 0 Å². The van der Waals surface area contributed by atoms with Crippen LogP contribution in [0.2, 0.25) is 0 Å². The summed E-state index contributed by atoms with van der Waals surface area (Å²) in [5.41, 5.74) is 0. The fourth-order valence-electron chi connectivity index (χ4n) is 3.94. The van der Waals surface area contributed by atoms with Crippen LogP contribution < -0.4 is 14.8 Å². The molecule has 2 aliphatic rings. The van der Waals surface area contributed by atoms with Crippen molar-refractivity contribution in [2.24, 2.45) is 0 Å². The van der Waals surface area contributed by atoms with Crippen LogP contribution in [0, 0.1) is 0 Å². The second kappa shape index (κ2) is 5.81. The number of benzene rings is 2. The Balaban J connectivity index is 1.61. The van der Waals surface area contributed by atoms with Gasteiger partial charge in [-0.25, -0.2) is 0 Å². The van der Waals surface area contributed by atoms with E-state index in [2.05, 4.69) is 35.6 Å². The van der Waals surface area contributed by atoms with Gasteiger partial charge in [0, 0.05) is 17.5 Å². The van der Waals surface area contributed by atoms with E-state index in [-0.39, 0.29) is 0 Å². The van der Waals surface area contributed by atoms with E-state index in [1.165, 1.54) is 24.6 Å². The summed E-state index contributed by atoms with van der Waals surface area (Å²) >= 11 is 0. The van der Waals surface area contributed by atoms with E-state index in [4.69, 9.17) is 9.47 Å². The first-order valence-electron chi connectivity index (χ1n) is 8.31. The molecular weight excluding hydrogens is 274 g/mol. The lowest BCUT2D eigenvalue weighted by atomic mass is 9.85. The van der Waals surface area contributed by atoms with Gasteiger partial charge in [-0.05, 0) is 49.3 Å². The van der Waals surface area contributed by atoms with Gasteiger partial charge in [-0.3, -0.25) is 0 Å². The summed E-state index contributed by atoms with van der Waals surface area (Å²) in [6, 6.07) is 13.7. The van der Waals surface area contributed by atoms with Gasteiger partial charge in [-0.1, -0.05) is 24.6 Å². The summed E-state index contributed by atoms with van der Waals surface area (Å²) in [5, 5.41) is 6.07. The number of ether oxygens (including phenoxy) is 2. The van der Waals surface area contributed by atoms with Gasteiger partial charge in [0.15, 0.2) is 0 Å². The van der Waals surface area contributed by atoms with Crippen LogP contribution in [-0.2, 0) is 0 Å². The van der Waals surface area contributed by atoms with Crippen LogP contribution in [0.5, 0.6) is 11.5 Å². The highest BCUT2D eigenvalue weighted by Gasteiger charge is 2.32. The zero-order valence-electron chi connectivity index (χ0n) is 13.0. The van der Waals surface area contributed by atoms with Crippen molar-refractivity contribution in [1.29, 1.82) is 0 Å². The summed E-state index contributed by atoms with van der Waals surface area (Å²) < 4.78 is 11.8. The number of methoxy groups -OCH3 is 1. The quantitative estimate of drug-likeness (QED) is 0.932. The molecule has 4 rings (SSSR count). The standard InChI is InChI=1S/C19H23NO2/c1-21-16-9-8-13-4-2-7-19(18(13)12-16)22-17-10-14-5-3-6-15(11-17)20-14/h2,4,7-9,12,14-15,17,20H,3,5-6,10-11H2,1H3/t14-,15+,17?. The van der Waals surface area contributed by atoms with Crippen LogP contribution in [0.15, 0.2) is 36.4 Å². The molecule has 0 aromatic heterocycles. The van der Waals surface area contributed by atoms with Crippen molar-refractivity contribution in [3.63, 3.8) is 0 Å². The molecule has 1 N–H and O–H groups in total. The third-order valence-electron chi connectivity index (χ3n) is 5.01.